The average Bonchev–Trinajstić information content (AvgIpc) is 3.96. The molecule has 0 unspecified atom stereocenters. The van der Waals surface area contributed by atoms with Crippen molar-refractivity contribution in [2.24, 2.45) is 23.7 Å². The number of aromatic hydroxyl groups is 1. The number of aliphatic hydroxyl groups is 2. The lowest BCUT2D eigenvalue weighted by Gasteiger charge is -2.38. The number of hydrogen-bond donors (Lipinski definition) is 4. The zero-order valence-corrected chi connectivity index (χ0v) is 39.2. The third kappa shape index (κ3) is 8.99. The number of rotatable bonds is 5. The molecule has 1 aromatic heterocycles. The molecule has 5 aliphatic heterocycles. The maximum absolute atomic E-state index is 15.1. The Kier molecular flexibility index (Phi) is 13.7. The Labute approximate surface area is 391 Å². The van der Waals surface area contributed by atoms with Gasteiger partial charge < -0.3 is 64.2 Å². The number of aliphatic hydroxyl groups excluding tert-OH is 2. The highest BCUT2D eigenvalue weighted by Gasteiger charge is 2.53. The van der Waals surface area contributed by atoms with Gasteiger partial charge in [0.2, 0.25) is 11.6 Å². The van der Waals surface area contributed by atoms with Gasteiger partial charge in [0.15, 0.2) is 0 Å². The molecule has 68 heavy (non-hydrogen) atoms. The Bertz CT molecular complexity index is 2580. The minimum atomic E-state index is -2.14. The van der Waals surface area contributed by atoms with Crippen LogP contribution in [-0.4, -0.2) is 132 Å². The molecule has 0 radical (unpaired) electrons. The van der Waals surface area contributed by atoms with Crippen molar-refractivity contribution in [3.8, 4) is 17.5 Å². The van der Waals surface area contributed by atoms with Crippen LogP contribution >= 0.6 is 0 Å². The van der Waals surface area contributed by atoms with E-state index < -0.39 is 111 Å². The number of nitro groups is 1. The first-order chi connectivity index (χ1) is 32.1. The number of nitrogens with one attached hydrogen (secondary N) is 1. The van der Waals surface area contributed by atoms with Crippen LogP contribution in [0.15, 0.2) is 65.7 Å². The van der Waals surface area contributed by atoms with E-state index in [1.54, 1.807) is 50.9 Å². The molecule has 1 fully saturated rings. The highest BCUT2D eigenvalue weighted by Crippen LogP contribution is 2.49. The topological polar surface area (TPSA) is 272 Å². The summed E-state index contributed by atoms with van der Waals surface area (Å²) in [7, 11) is 1.41. The minimum absolute atomic E-state index is 0.0385. The second-order valence-corrected chi connectivity index (χ2v) is 18.0. The molecule has 21 nitrogen and oxygen atoms in total. The summed E-state index contributed by atoms with van der Waals surface area (Å²) in [5.41, 5.74) is -1.83. The first-order valence-electron chi connectivity index (χ1n) is 22.2. The Morgan fingerprint density at radius 3 is 2.31 bits per heavy atom. The summed E-state index contributed by atoms with van der Waals surface area (Å²) in [5.74, 6) is -9.51. The molecule has 8 rings (SSSR count). The third-order valence-electron chi connectivity index (χ3n) is 13.4. The van der Waals surface area contributed by atoms with Crippen LogP contribution in [0.2, 0.25) is 0 Å². The molecule has 6 aliphatic rings. The SMILES string of the molecule is CO[C@H]1/C=C/O[C@@]2(C)Oc3c(C)c(O)c4c(c3C2=O)C(=O)C(N2CCN(/C=C3\Cn5cc([N+](=O)[O-])nc5O3)CC2)=C(NC(=O)/C(C)=C\C=C\[C@H](C)[C@H](O)[C@@H](C)[C@@H](O)[C@@H](C)[C@H](OC(C)=O)[C@@H]1C)C4=O. The van der Waals surface area contributed by atoms with E-state index in [4.69, 9.17) is 23.7 Å². The highest BCUT2D eigenvalue weighted by atomic mass is 16.7. The summed E-state index contributed by atoms with van der Waals surface area (Å²) in [5, 5.41) is 48.5. The van der Waals surface area contributed by atoms with Gasteiger partial charge in [0.05, 0.1) is 47.8 Å². The molecule has 1 amide bonds. The number of hydrogen-bond acceptors (Lipinski definition) is 18. The van der Waals surface area contributed by atoms with Gasteiger partial charge in [-0.2, -0.15) is 0 Å². The molecule has 9 atom stereocenters. The van der Waals surface area contributed by atoms with E-state index in [9.17, 15) is 44.6 Å². The van der Waals surface area contributed by atoms with Crippen molar-refractivity contribution in [2.45, 2.75) is 92.1 Å². The van der Waals surface area contributed by atoms with Crippen LogP contribution in [0, 0.1) is 40.7 Å². The summed E-state index contributed by atoms with van der Waals surface area (Å²) >= 11 is 0. The Morgan fingerprint density at radius 2 is 1.68 bits per heavy atom. The van der Waals surface area contributed by atoms with E-state index in [1.807, 2.05) is 4.90 Å². The molecule has 0 spiro atoms. The number of amides is 1. The number of ketones is 3. The van der Waals surface area contributed by atoms with Crippen molar-refractivity contribution in [1.82, 2.24) is 24.7 Å². The number of esters is 1. The molecule has 1 saturated heterocycles. The summed E-state index contributed by atoms with van der Waals surface area (Å²) in [6.07, 6.45) is 6.19. The number of piperazine rings is 1. The zero-order valence-electron chi connectivity index (χ0n) is 39.2. The predicted molar refractivity (Wildman–Crippen MR) is 239 cm³/mol. The predicted octanol–water partition coefficient (Wildman–Crippen LogP) is 3.61. The maximum atomic E-state index is 15.1. The fraction of sp³-hybridized carbons (Fsp3) is 0.489. The summed E-state index contributed by atoms with van der Waals surface area (Å²) in [6, 6.07) is 0.0680. The molecule has 0 saturated carbocycles. The lowest BCUT2D eigenvalue weighted by molar-refractivity contribution is -0.389. The number of Topliss-reactive ketones (excluding diaryl/α,β-unsaturated/α-hetero) is 3. The molecule has 4 N–H and O–H groups in total. The van der Waals surface area contributed by atoms with Crippen molar-refractivity contribution in [3.63, 3.8) is 0 Å². The lowest BCUT2D eigenvalue weighted by Crippen LogP contribution is -2.48. The van der Waals surface area contributed by atoms with Crippen LogP contribution in [0.5, 0.6) is 17.5 Å². The monoisotopic (exact) mass is 944 g/mol. The van der Waals surface area contributed by atoms with Crippen molar-refractivity contribution in [2.75, 3.05) is 33.3 Å². The molecule has 1 aliphatic carbocycles. The van der Waals surface area contributed by atoms with Gasteiger partial charge in [-0.15, -0.1) is 0 Å². The highest BCUT2D eigenvalue weighted by molar-refractivity contribution is 6.32. The first-order valence-corrected chi connectivity index (χ1v) is 22.2. The number of phenols is 1. The van der Waals surface area contributed by atoms with Crippen molar-refractivity contribution in [1.29, 1.82) is 0 Å². The number of carbonyl (C=O) groups is 5. The lowest BCUT2D eigenvalue weighted by atomic mass is 9.78. The molecule has 21 heteroatoms. The van der Waals surface area contributed by atoms with E-state index in [0.717, 1.165) is 6.26 Å². The standard InChI is InChI=1S/C47H56N6O15/c1-22-11-10-12-23(2)45(61)49-35-36(51-16-14-50(15-17-51)19-29-20-52-21-31(53(62)63)48-46(52)67-29)41(59)32-33(40(35)58)39(57)27(6)43-34(32)44(60)47(8,68-43)65-18-13-30(64-9)24(3)42(66-28(7)54)26(5)38(56)25(4)37(22)55/h10-13,18-19,21-22,24-26,30,37-38,42,55-57H,14-17,20H2,1-9H3,(H,49,61)/b11-10+,18-13+,23-12-,29-19+/t22-,24+,25+,26+,30-,37-,38+,42+,47-/m0/s1. The van der Waals surface area contributed by atoms with E-state index in [1.165, 1.54) is 57.7 Å². The Balaban J connectivity index is 1.28. The second kappa shape index (κ2) is 19.0. The molecule has 364 valence electrons. The van der Waals surface area contributed by atoms with Crippen LogP contribution in [-0.2, 0) is 30.3 Å². The number of carbonyl (C=O) groups excluding carboxylic acids is 5. The molecular formula is C47H56N6O15. The quantitative estimate of drug-likeness (QED) is 0.189. The number of phenolic OH excluding ortho intramolecular Hbond substituents is 1. The minimum Gasteiger partial charge on any atom is -0.507 e. The zero-order chi connectivity index (χ0) is 49.7. The average molecular weight is 945 g/mol. The fourth-order valence-corrected chi connectivity index (χ4v) is 9.31. The maximum Gasteiger partial charge on any atom is 0.419 e. The third-order valence-corrected chi connectivity index (χ3v) is 13.4. The van der Waals surface area contributed by atoms with Crippen LogP contribution in [0.4, 0.5) is 5.82 Å². The number of allylic oxidation sites excluding steroid dienone is 5. The number of imidazole rings is 1. The van der Waals surface area contributed by atoms with Crippen molar-refractivity contribution in [3.05, 3.63) is 98.1 Å². The number of aromatic nitrogens is 2. The normalized spacial score (nSPS) is 31.3. The van der Waals surface area contributed by atoms with Gasteiger partial charge in [0.25, 0.3) is 11.7 Å². The van der Waals surface area contributed by atoms with Crippen LogP contribution in [0.3, 0.4) is 0 Å². The van der Waals surface area contributed by atoms with Gasteiger partial charge in [0, 0.05) is 93.1 Å². The van der Waals surface area contributed by atoms with E-state index in [2.05, 4.69) is 10.3 Å². The second-order valence-electron chi connectivity index (χ2n) is 18.0. The molecule has 6 heterocycles. The number of fused-ring (bicyclic) bond motifs is 15. The van der Waals surface area contributed by atoms with Crippen LogP contribution in [0.25, 0.3) is 0 Å². The van der Waals surface area contributed by atoms with Crippen LogP contribution < -0.4 is 14.8 Å². The van der Waals surface area contributed by atoms with Crippen molar-refractivity contribution >= 4 is 35.0 Å². The number of ether oxygens (including phenoxy) is 5. The van der Waals surface area contributed by atoms with Crippen molar-refractivity contribution < 1.29 is 67.9 Å². The molecule has 1 aromatic carbocycles. The van der Waals surface area contributed by atoms with Crippen LogP contribution in [0.1, 0.15) is 85.1 Å². The number of benzene rings is 1. The van der Waals surface area contributed by atoms with Gasteiger partial charge >= 0.3 is 23.6 Å². The first kappa shape index (κ1) is 49.1. The number of methoxy groups -OCH3 is 1. The molecule has 5 bridgehead atoms. The smallest absolute Gasteiger partial charge is 0.419 e. The van der Waals surface area contributed by atoms with Gasteiger partial charge in [0.1, 0.15) is 41.0 Å². The van der Waals surface area contributed by atoms with E-state index >= 15 is 4.79 Å². The molecular weight excluding hydrogens is 889 g/mol. The summed E-state index contributed by atoms with van der Waals surface area (Å²) in [6.45, 7) is 13.2. The largest absolute Gasteiger partial charge is 0.507 e. The van der Waals surface area contributed by atoms with Gasteiger partial charge in [-0.25, -0.2) is 0 Å². The summed E-state index contributed by atoms with van der Waals surface area (Å²) < 4.78 is 30.9. The summed E-state index contributed by atoms with van der Waals surface area (Å²) in [4.78, 5) is 88.8. The van der Waals surface area contributed by atoms with E-state index in [0.29, 0.717) is 5.76 Å². The van der Waals surface area contributed by atoms with Gasteiger partial charge in [-0.05, 0) is 24.8 Å². The fourth-order valence-electron chi connectivity index (χ4n) is 9.31. The van der Waals surface area contributed by atoms with E-state index in [-0.39, 0.29) is 72.7 Å². The Morgan fingerprint density at radius 1 is 0.985 bits per heavy atom. The molecule has 2 aromatic rings. The number of nitrogens with zero attached hydrogens (tertiary/aromatic N) is 5. The Hall–Kier alpha value is -6.84. The van der Waals surface area contributed by atoms with Gasteiger partial charge in [-0.1, -0.05) is 45.9 Å². The van der Waals surface area contributed by atoms with Gasteiger partial charge in [-0.3, -0.25) is 28.5 Å².